The summed E-state index contributed by atoms with van der Waals surface area (Å²) in [6, 6.07) is 11.7. The summed E-state index contributed by atoms with van der Waals surface area (Å²) >= 11 is 0. The van der Waals surface area contributed by atoms with E-state index in [0.717, 1.165) is 24.1 Å². The second-order valence-corrected chi connectivity index (χ2v) is 7.57. The van der Waals surface area contributed by atoms with Crippen LogP contribution in [0.15, 0.2) is 42.6 Å². The van der Waals surface area contributed by atoms with Crippen molar-refractivity contribution < 1.29 is 9.59 Å². The van der Waals surface area contributed by atoms with Gasteiger partial charge in [0.25, 0.3) is 0 Å². The lowest BCUT2D eigenvalue weighted by atomic mass is 9.80. The van der Waals surface area contributed by atoms with Gasteiger partial charge in [0.05, 0.1) is 17.9 Å². The first-order valence-electron chi connectivity index (χ1n) is 9.36. The highest BCUT2D eigenvalue weighted by Gasteiger charge is 2.40. The maximum atomic E-state index is 12.9. The molecule has 0 fully saturated rings. The summed E-state index contributed by atoms with van der Waals surface area (Å²) in [7, 11) is 0. The topological polar surface area (TPSA) is 77.1 Å². The van der Waals surface area contributed by atoms with Crippen molar-refractivity contribution in [2.75, 3.05) is 0 Å². The molecule has 5 heteroatoms. The number of rotatable bonds is 3. The number of nitrogens with two attached hydrogens (primary N) is 1. The molecule has 0 spiro atoms. The molecule has 1 amide bonds. The summed E-state index contributed by atoms with van der Waals surface area (Å²) in [5.74, 6) is -0.589. The summed E-state index contributed by atoms with van der Waals surface area (Å²) in [6.45, 7) is 2.51. The predicted molar refractivity (Wildman–Crippen MR) is 99.6 cm³/mol. The van der Waals surface area contributed by atoms with E-state index in [0.29, 0.717) is 6.54 Å². The Morgan fingerprint density at radius 3 is 2.81 bits per heavy atom. The summed E-state index contributed by atoms with van der Waals surface area (Å²) in [5.41, 5.74) is 9.58. The Morgan fingerprint density at radius 1 is 1.27 bits per heavy atom. The van der Waals surface area contributed by atoms with Crippen LogP contribution in [-0.4, -0.2) is 22.3 Å². The van der Waals surface area contributed by atoms with Gasteiger partial charge in [-0.1, -0.05) is 30.3 Å². The molecule has 1 aliphatic carbocycles. The fourth-order valence-corrected chi connectivity index (χ4v) is 4.37. The summed E-state index contributed by atoms with van der Waals surface area (Å²) in [4.78, 5) is 25.8. The Kier molecular flexibility index (Phi) is 4.41. The molecule has 1 aromatic carbocycles. The molecule has 1 aliphatic heterocycles. The van der Waals surface area contributed by atoms with E-state index < -0.39 is 0 Å². The van der Waals surface area contributed by atoms with Gasteiger partial charge in [0, 0.05) is 30.9 Å². The van der Waals surface area contributed by atoms with Crippen molar-refractivity contribution in [3.63, 3.8) is 0 Å². The molecule has 2 heterocycles. The van der Waals surface area contributed by atoms with E-state index in [1.807, 2.05) is 43.5 Å². The molecule has 136 valence electrons. The maximum absolute atomic E-state index is 12.9. The highest BCUT2D eigenvalue weighted by atomic mass is 16.2. The highest BCUT2D eigenvalue weighted by molar-refractivity contribution is 5.92. The van der Waals surface area contributed by atoms with Crippen LogP contribution in [0.1, 0.15) is 48.5 Å². The smallest absolute Gasteiger partial charge is 0.225 e. The van der Waals surface area contributed by atoms with Crippen molar-refractivity contribution >= 4 is 11.7 Å². The number of amides is 1. The quantitative estimate of drug-likeness (QED) is 0.891. The molecule has 26 heavy (non-hydrogen) atoms. The van der Waals surface area contributed by atoms with Gasteiger partial charge in [-0.2, -0.15) is 0 Å². The summed E-state index contributed by atoms with van der Waals surface area (Å²) in [6.07, 6.45) is 4.01. The number of hydrogen-bond acceptors (Lipinski definition) is 3. The minimum Gasteiger partial charge on any atom is -0.350 e. The average molecular weight is 351 g/mol. The van der Waals surface area contributed by atoms with Gasteiger partial charge in [0.2, 0.25) is 5.91 Å². The molecule has 0 saturated carbocycles. The Morgan fingerprint density at radius 2 is 2.04 bits per heavy atom. The van der Waals surface area contributed by atoms with E-state index >= 15 is 0 Å². The van der Waals surface area contributed by atoms with E-state index in [9.17, 15) is 9.59 Å². The van der Waals surface area contributed by atoms with Crippen LogP contribution in [0.2, 0.25) is 0 Å². The van der Waals surface area contributed by atoms with Crippen molar-refractivity contribution in [1.29, 1.82) is 0 Å². The van der Waals surface area contributed by atoms with Crippen molar-refractivity contribution in [2.24, 2.45) is 11.7 Å². The third kappa shape index (κ3) is 2.97. The van der Waals surface area contributed by atoms with Crippen LogP contribution in [0, 0.1) is 5.92 Å². The summed E-state index contributed by atoms with van der Waals surface area (Å²) < 4.78 is 2.08. The zero-order valence-corrected chi connectivity index (χ0v) is 15.0. The third-order valence-electron chi connectivity index (χ3n) is 5.80. The number of Topliss-reactive ketones (excluding diaryl/α,β-unsaturated/α-hetero) is 1. The van der Waals surface area contributed by atoms with Crippen LogP contribution in [0.25, 0.3) is 0 Å². The van der Waals surface area contributed by atoms with Gasteiger partial charge in [0.15, 0.2) is 0 Å². The third-order valence-corrected chi connectivity index (χ3v) is 5.80. The van der Waals surface area contributed by atoms with E-state index in [2.05, 4.69) is 16.0 Å². The number of carbonyl (C=O) groups is 2. The lowest BCUT2D eigenvalue weighted by molar-refractivity contribution is -0.130. The molecule has 4 unspecified atom stereocenters. The zero-order valence-electron chi connectivity index (χ0n) is 15.0. The van der Waals surface area contributed by atoms with E-state index in [-0.39, 0.29) is 42.0 Å². The molecule has 5 nitrogen and oxygen atoms in total. The monoisotopic (exact) mass is 351 g/mol. The molecule has 2 aromatic rings. The van der Waals surface area contributed by atoms with Crippen molar-refractivity contribution in [3.05, 3.63) is 59.4 Å². The van der Waals surface area contributed by atoms with Crippen LogP contribution in [0.5, 0.6) is 0 Å². The van der Waals surface area contributed by atoms with Gasteiger partial charge in [-0.05, 0) is 37.0 Å². The number of carbonyl (C=O) groups excluding carboxylic acids is 2. The minimum absolute atomic E-state index is 0.0654. The first-order chi connectivity index (χ1) is 12.5. The van der Waals surface area contributed by atoms with Crippen molar-refractivity contribution in [1.82, 2.24) is 9.88 Å². The fraction of sp³-hybridized carbons (Fsp3) is 0.429. The summed E-state index contributed by atoms with van der Waals surface area (Å²) in [5, 5.41) is 3.08. The number of aryl methyl sites for hydroxylation is 1. The Labute approximate surface area is 153 Å². The van der Waals surface area contributed by atoms with Gasteiger partial charge < -0.3 is 15.6 Å². The van der Waals surface area contributed by atoms with Gasteiger partial charge in [-0.3, -0.25) is 9.59 Å². The Hall–Kier alpha value is -2.40. The second kappa shape index (κ2) is 6.72. The molecule has 4 atom stereocenters. The van der Waals surface area contributed by atoms with Crippen LogP contribution >= 0.6 is 0 Å². The first kappa shape index (κ1) is 17.0. The largest absolute Gasteiger partial charge is 0.350 e. The number of aromatic nitrogens is 1. The van der Waals surface area contributed by atoms with E-state index in [1.54, 1.807) is 0 Å². The van der Waals surface area contributed by atoms with Crippen LogP contribution < -0.4 is 11.1 Å². The molecule has 0 bridgehead atoms. The molecule has 3 N–H and O–H groups in total. The number of ketones is 1. The first-order valence-corrected chi connectivity index (χ1v) is 9.36. The average Bonchev–Trinajstić information content (AvgIpc) is 2.97. The van der Waals surface area contributed by atoms with Gasteiger partial charge in [0.1, 0.15) is 5.78 Å². The highest BCUT2D eigenvalue weighted by Crippen LogP contribution is 2.37. The number of benzene rings is 1. The number of hydrogen-bond donors (Lipinski definition) is 2. The van der Waals surface area contributed by atoms with Crippen LogP contribution in [0.3, 0.4) is 0 Å². The lowest BCUT2D eigenvalue weighted by Crippen LogP contribution is -2.38. The van der Waals surface area contributed by atoms with Gasteiger partial charge in [-0.25, -0.2) is 0 Å². The molecular weight excluding hydrogens is 326 g/mol. The lowest BCUT2D eigenvalue weighted by Gasteiger charge is -2.28. The van der Waals surface area contributed by atoms with Crippen LogP contribution in [0.4, 0.5) is 0 Å². The van der Waals surface area contributed by atoms with Gasteiger partial charge >= 0.3 is 0 Å². The molecule has 0 saturated heterocycles. The molecule has 2 aliphatic rings. The number of nitrogens with zero attached hydrogens (tertiary/aromatic N) is 1. The van der Waals surface area contributed by atoms with E-state index in [1.165, 1.54) is 5.56 Å². The van der Waals surface area contributed by atoms with Gasteiger partial charge in [-0.15, -0.1) is 0 Å². The van der Waals surface area contributed by atoms with Crippen molar-refractivity contribution in [2.45, 2.75) is 50.7 Å². The number of nitrogens with one attached hydrogen (secondary N) is 1. The maximum Gasteiger partial charge on any atom is 0.225 e. The zero-order chi connectivity index (χ0) is 18.3. The van der Waals surface area contributed by atoms with E-state index in [4.69, 9.17) is 5.73 Å². The van der Waals surface area contributed by atoms with Crippen LogP contribution in [-0.2, 0) is 22.6 Å². The fourth-order valence-electron chi connectivity index (χ4n) is 4.37. The Balaban J connectivity index is 1.55. The van der Waals surface area contributed by atoms with Crippen molar-refractivity contribution in [3.8, 4) is 0 Å². The molecule has 4 rings (SSSR count). The SMILES string of the molecule is CC(NC(=O)C1CC(=O)C2c3c(ccn3C1)CCC2N)c1ccccc1. The normalized spacial score (nSPS) is 25.9. The minimum atomic E-state index is -0.358. The standard InChI is InChI=1S/C21H25N3O2/c1-13(14-5-3-2-4-6-14)23-21(26)16-11-18(25)19-17(22)8-7-15-9-10-24(12-16)20(15)19/h2-6,9-10,13,16-17,19H,7-8,11-12,22H2,1H3,(H,23,26). The molecule has 0 radical (unpaired) electrons. The Bertz CT molecular complexity index is 827. The molecular formula is C21H25N3O2. The molecule has 1 aromatic heterocycles. The second-order valence-electron chi connectivity index (χ2n) is 7.57. The predicted octanol–water partition coefficient (Wildman–Crippen LogP) is 2.31.